The maximum atomic E-state index is 14.6. The van der Waals surface area contributed by atoms with Gasteiger partial charge in [-0.2, -0.15) is 18.2 Å². The highest BCUT2D eigenvalue weighted by molar-refractivity contribution is 7.92. The average Bonchev–Trinajstić information content (AvgIpc) is 2.84. The van der Waals surface area contributed by atoms with Gasteiger partial charge in [0.05, 0.1) is 17.0 Å². The van der Waals surface area contributed by atoms with E-state index in [0.717, 1.165) is 12.1 Å². The van der Waals surface area contributed by atoms with Crippen LogP contribution in [0.4, 0.5) is 40.8 Å². The van der Waals surface area contributed by atoms with E-state index in [1.54, 1.807) is 0 Å². The highest BCUT2D eigenvalue weighted by Gasteiger charge is 2.35. The van der Waals surface area contributed by atoms with Gasteiger partial charge in [-0.05, 0) is 25.1 Å². The SMILES string of the molecule is CCS(=O)(=O)Nc1ncccc1CNc1nc(Nc2ccc(C(N)=O)c(F)c2OC=O)ncc1C(F)(F)F. The van der Waals surface area contributed by atoms with Crippen LogP contribution in [0.3, 0.4) is 0 Å². The number of sulfonamides is 1. The van der Waals surface area contributed by atoms with Gasteiger partial charge in [-0.3, -0.25) is 14.3 Å². The van der Waals surface area contributed by atoms with E-state index in [4.69, 9.17) is 5.73 Å². The molecule has 1 aromatic carbocycles. The number of nitrogens with zero attached hydrogens (tertiary/aromatic N) is 3. The monoisotopic (exact) mass is 557 g/mol. The van der Waals surface area contributed by atoms with E-state index in [-0.39, 0.29) is 35.8 Å². The van der Waals surface area contributed by atoms with E-state index in [9.17, 15) is 35.6 Å². The lowest BCUT2D eigenvalue weighted by molar-refractivity contribution is -0.137. The maximum absolute atomic E-state index is 14.6. The van der Waals surface area contributed by atoms with Gasteiger partial charge < -0.3 is 21.1 Å². The third-order valence-electron chi connectivity index (χ3n) is 4.84. The van der Waals surface area contributed by atoms with E-state index in [1.165, 1.54) is 25.3 Å². The lowest BCUT2D eigenvalue weighted by Gasteiger charge is -2.17. The van der Waals surface area contributed by atoms with Crippen molar-refractivity contribution >= 4 is 45.7 Å². The molecule has 0 unspecified atom stereocenters. The van der Waals surface area contributed by atoms with Crippen LogP contribution in [0.25, 0.3) is 0 Å². The number of alkyl halides is 3. The number of anilines is 4. The molecule has 17 heteroatoms. The quantitative estimate of drug-likeness (QED) is 0.202. The van der Waals surface area contributed by atoms with Crippen LogP contribution < -0.4 is 25.8 Å². The Labute approximate surface area is 212 Å². The summed E-state index contributed by atoms with van der Waals surface area (Å²) in [6, 6.07) is 4.94. The number of nitrogens with one attached hydrogen (secondary N) is 3. The van der Waals surface area contributed by atoms with Crippen LogP contribution in [0.15, 0.2) is 36.7 Å². The van der Waals surface area contributed by atoms with E-state index in [0.29, 0.717) is 6.20 Å². The molecule has 0 aliphatic heterocycles. The highest BCUT2D eigenvalue weighted by Crippen LogP contribution is 2.36. The first-order valence-electron chi connectivity index (χ1n) is 10.5. The summed E-state index contributed by atoms with van der Waals surface area (Å²) in [6.07, 6.45) is -3.13. The molecule has 0 fully saturated rings. The van der Waals surface area contributed by atoms with Crippen molar-refractivity contribution in [2.45, 2.75) is 19.6 Å². The number of pyridine rings is 1. The molecule has 0 saturated carbocycles. The number of hydrogen-bond acceptors (Lipinski definition) is 10. The van der Waals surface area contributed by atoms with Crippen LogP contribution in [-0.4, -0.2) is 41.5 Å². The summed E-state index contributed by atoms with van der Waals surface area (Å²) in [5.41, 5.74) is 3.11. The molecule has 38 heavy (non-hydrogen) atoms. The molecule has 12 nitrogen and oxygen atoms in total. The van der Waals surface area contributed by atoms with Crippen LogP contribution in [0.1, 0.15) is 28.4 Å². The molecule has 0 spiro atoms. The number of rotatable bonds is 11. The summed E-state index contributed by atoms with van der Waals surface area (Å²) in [5, 5.41) is 4.90. The number of ether oxygens (including phenoxy) is 1. The fourth-order valence-corrected chi connectivity index (χ4v) is 3.61. The Balaban J connectivity index is 1.96. The van der Waals surface area contributed by atoms with Gasteiger partial charge in [-0.1, -0.05) is 6.07 Å². The first kappa shape index (κ1) is 28.0. The molecule has 0 atom stereocenters. The molecule has 0 saturated heterocycles. The zero-order valence-electron chi connectivity index (χ0n) is 19.3. The first-order valence-corrected chi connectivity index (χ1v) is 12.1. The van der Waals surface area contributed by atoms with Crippen molar-refractivity contribution in [2.75, 3.05) is 21.1 Å². The van der Waals surface area contributed by atoms with Gasteiger partial charge in [0.1, 0.15) is 17.2 Å². The molecular weight excluding hydrogens is 538 g/mol. The molecule has 202 valence electrons. The molecule has 5 N–H and O–H groups in total. The summed E-state index contributed by atoms with van der Waals surface area (Å²) < 4.78 is 86.1. The molecule has 2 aromatic heterocycles. The first-order chi connectivity index (χ1) is 17.9. The van der Waals surface area contributed by atoms with Crippen LogP contribution in [0, 0.1) is 5.82 Å². The molecule has 0 radical (unpaired) electrons. The molecule has 1 amide bonds. The van der Waals surface area contributed by atoms with Crippen molar-refractivity contribution in [1.29, 1.82) is 0 Å². The fraction of sp³-hybridized carbons (Fsp3) is 0.190. The summed E-state index contributed by atoms with van der Waals surface area (Å²) in [7, 11) is -3.72. The predicted molar refractivity (Wildman–Crippen MR) is 127 cm³/mol. The van der Waals surface area contributed by atoms with Gasteiger partial charge in [0, 0.05) is 24.5 Å². The Morgan fingerprint density at radius 2 is 1.92 bits per heavy atom. The van der Waals surface area contributed by atoms with E-state index in [2.05, 4.69) is 35.0 Å². The third-order valence-corrected chi connectivity index (χ3v) is 6.10. The van der Waals surface area contributed by atoms with E-state index >= 15 is 0 Å². The van der Waals surface area contributed by atoms with Crippen molar-refractivity contribution < 1.29 is 40.3 Å². The molecule has 0 aliphatic carbocycles. The van der Waals surface area contributed by atoms with E-state index < -0.39 is 56.6 Å². The van der Waals surface area contributed by atoms with Gasteiger partial charge in [0.25, 0.3) is 12.4 Å². The minimum atomic E-state index is -4.89. The second-order valence-corrected chi connectivity index (χ2v) is 9.34. The van der Waals surface area contributed by atoms with Crippen molar-refractivity contribution in [3.63, 3.8) is 0 Å². The molecule has 0 bridgehead atoms. The number of amides is 1. The largest absolute Gasteiger partial charge is 0.423 e. The molecule has 3 aromatic rings. The predicted octanol–water partition coefficient (Wildman–Crippen LogP) is 2.78. The highest BCUT2D eigenvalue weighted by atomic mass is 32.2. The van der Waals surface area contributed by atoms with Crippen LogP contribution in [-0.2, 0) is 27.5 Å². The molecular formula is C21H19F4N7O5S. The second kappa shape index (κ2) is 11.2. The van der Waals surface area contributed by atoms with Gasteiger partial charge in [0.2, 0.25) is 16.0 Å². The van der Waals surface area contributed by atoms with Crippen molar-refractivity contribution in [1.82, 2.24) is 15.0 Å². The number of aromatic nitrogens is 3. The van der Waals surface area contributed by atoms with Gasteiger partial charge >= 0.3 is 6.18 Å². The Morgan fingerprint density at radius 3 is 2.55 bits per heavy atom. The van der Waals surface area contributed by atoms with Crippen molar-refractivity contribution in [3.8, 4) is 5.75 Å². The number of benzene rings is 1. The topological polar surface area (TPSA) is 178 Å². The minimum absolute atomic E-state index is 0.0940. The zero-order chi connectivity index (χ0) is 28.1. The van der Waals surface area contributed by atoms with Gasteiger partial charge in [-0.25, -0.2) is 22.8 Å². The third kappa shape index (κ3) is 6.61. The summed E-state index contributed by atoms with van der Waals surface area (Å²) in [5.74, 6) is -4.75. The number of halogens is 4. The van der Waals surface area contributed by atoms with Crippen molar-refractivity contribution in [2.24, 2.45) is 5.73 Å². The fourth-order valence-electron chi connectivity index (χ4n) is 2.98. The summed E-state index contributed by atoms with van der Waals surface area (Å²) in [6.45, 7) is 0.927. The van der Waals surface area contributed by atoms with E-state index in [1.807, 2.05) is 0 Å². The average molecular weight is 557 g/mol. The number of nitrogens with two attached hydrogens (primary N) is 1. The van der Waals surface area contributed by atoms with Crippen LogP contribution >= 0.6 is 0 Å². The standard InChI is InChI=1S/C21H19F4N7O5S/c1-2-38(35,36)32-18-11(4-3-7-27-18)8-28-19-13(21(23,24)25)9-29-20(31-19)30-14-6-5-12(17(26)34)15(22)16(14)37-10-33/h3-7,9-10H,2,8H2,1H3,(H2,26,34)(H,27,32)(H2,28,29,30,31). The summed E-state index contributed by atoms with van der Waals surface area (Å²) >= 11 is 0. The zero-order valence-corrected chi connectivity index (χ0v) is 20.2. The van der Waals surface area contributed by atoms with Gasteiger partial charge in [-0.15, -0.1) is 0 Å². The van der Waals surface area contributed by atoms with Crippen molar-refractivity contribution in [3.05, 3.63) is 59.2 Å². The second-order valence-electron chi connectivity index (χ2n) is 7.33. The Bertz CT molecular complexity index is 1470. The Morgan fingerprint density at radius 1 is 1.18 bits per heavy atom. The smallest absolute Gasteiger partial charge is 0.421 e. The normalized spacial score (nSPS) is 11.5. The molecule has 0 aliphatic rings. The lowest BCUT2D eigenvalue weighted by Crippen LogP contribution is -2.18. The molecule has 3 rings (SSSR count). The molecule has 2 heterocycles. The number of hydrogen-bond donors (Lipinski definition) is 4. The van der Waals surface area contributed by atoms with Crippen LogP contribution in [0.5, 0.6) is 5.75 Å². The van der Waals surface area contributed by atoms with Crippen LogP contribution in [0.2, 0.25) is 0 Å². The lowest BCUT2D eigenvalue weighted by atomic mass is 10.1. The Kier molecular flexibility index (Phi) is 8.29. The minimum Gasteiger partial charge on any atom is -0.423 e. The number of carbonyl (C=O) groups excluding carboxylic acids is 2. The summed E-state index contributed by atoms with van der Waals surface area (Å²) in [4.78, 5) is 33.5. The van der Waals surface area contributed by atoms with Gasteiger partial charge in [0.15, 0.2) is 11.6 Å². The number of carbonyl (C=O) groups is 2. The maximum Gasteiger partial charge on any atom is 0.421 e. The number of primary amides is 1. The Hall–Kier alpha value is -4.54.